The van der Waals surface area contributed by atoms with E-state index in [1.165, 1.54) is 16.9 Å². The van der Waals surface area contributed by atoms with Gasteiger partial charge in [-0.3, -0.25) is 10.1 Å². The van der Waals surface area contributed by atoms with E-state index in [9.17, 15) is 9.59 Å². The van der Waals surface area contributed by atoms with Gasteiger partial charge in [0.25, 0.3) is 0 Å². The molecule has 7 nitrogen and oxygen atoms in total. The third-order valence-corrected chi connectivity index (χ3v) is 4.40. The van der Waals surface area contributed by atoms with E-state index in [-0.39, 0.29) is 11.9 Å². The number of benzene rings is 1. The molecule has 25 heavy (non-hydrogen) atoms. The number of urea groups is 1. The maximum absolute atomic E-state index is 12.2. The zero-order valence-electron chi connectivity index (χ0n) is 14.6. The first-order valence-electron chi connectivity index (χ1n) is 8.25. The van der Waals surface area contributed by atoms with Gasteiger partial charge in [-0.1, -0.05) is 54.5 Å². The molecule has 0 aliphatic heterocycles. The molecule has 0 aliphatic carbocycles. The smallest absolute Gasteiger partial charge is 0.315 e. The molecule has 1 atom stereocenters. The van der Waals surface area contributed by atoms with E-state index in [2.05, 4.69) is 26.1 Å². The zero-order valence-corrected chi connectivity index (χ0v) is 15.4. The van der Waals surface area contributed by atoms with Crippen LogP contribution in [0.3, 0.4) is 0 Å². The number of nitrogens with zero attached hydrogens (tertiary/aromatic N) is 2. The number of anilines is 1. The average Bonchev–Trinajstić information content (AvgIpc) is 3.04. The fourth-order valence-electron chi connectivity index (χ4n) is 1.99. The molecule has 8 heteroatoms. The lowest BCUT2D eigenvalue weighted by atomic mass is 10.2. The number of carbonyl (C=O) groups is 2. The molecule has 3 N–H and O–H groups in total. The molecule has 0 fully saturated rings. The van der Waals surface area contributed by atoms with Crippen molar-refractivity contribution >= 4 is 28.4 Å². The van der Waals surface area contributed by atoms with Crippen molar-refractivity contribution in [2.45, 2.75) is 39.7 Å². The number of hydrogen-bond donors (Lipinski definition) is 3. The second-order valence-corrected chi connectivity index (χ2v) is 6.72. The summed E-state index contributed by atoms with van der Waals surface area (Å²) in [7, 11) is 0. The van der Waals surface area contributed by atoms with E-state index < -0.39 is 6.04 Å². The minimum Gasteiger partial charge on any atom is -0.338 e. The monoisotopic (exact) mass is 361 g/mol. The lowest BCUT2D eigenvalue weighted by Crippen LogP contribution is -2.46. The van der Waals surface area contributed by atoms with Gasteiger partial charge in [0, 0.05) is 12.1 Å². The molecule has 1 aromatic carbocycles. The Labute approximate surface area is 151 Å². The van der Waals surface area contributed by atoms with Crippen LogP contribution >= 0.6 is 11.3 Å². The highest BCUT2D eigenvalue weighted by Gasteiger charge is 2.17. The van der Waals surface area contributed by atoms with Crippen LogP contribution in [0.2, 0.25) is 0 Å². The molecule has 0 spiro atoms. The number of carbonyl (C=O) groups excluding carboxylic acids is 2. The molecule has 3 amide bonds. The number of aromatic nitrogens is 2. The van der Waals surface area contributed by atoms with E-state index >= 15 is 0 Å². The van der Waals surface area contributed by atoms with Gasteiger partial charge < -0.3 is 10.6 Å². The van der Waals surface area contributed by atoms with Gasteiger partial charge in [-0.2, -0.15) is 0 Å². The van der Waals surface area contributed by atoms with Crippen molar-refractivity contribution in [2.24, 2.45) is 0 Å². The number of unbranched alkanes of at least 4 members (excludes halogenated alkanes) is 1. The molecule has 0 saturated heterocycles. The molecule has 0 radical (unpaired) electrons. The summed E-state index contributed by atoms with van der Waals surface area (Å²) in [6, 6.07) is 6.90. The highest BCUT2D eigenvalue weighted by molar-refractivity contribution is 7.18. The van der Waals surface area contributed by atoms with Crippen molar-refractivity contribution in [3.8, 4) is 10.6 Å². The first-order valence-corrected chi connectivity index (χ1v) is 9.07. The normalized spacial score (nSPS) is 11.6. The SMILES string of the molecule is CCCCNC(=O)N[C@H](C)C(=O)Nc1nnc(-c2ccc(C)cc2)s1. The van der Waals surface area contributed by atoms with Crippen molar-refractivity contribution in [1.82, 2.24) is 20.8 Å². The highest BCUT2D eigenvalue weighted by atomic mass is 32.1. The largest absolute Gasteiger partial charge is 0.338 e. The minimum atomic E-state index is -0.673. The van der Waals surface area contributed by atoms with Crippen LogP contribution < -0.4 is 16.0 Å². The van der Waals surface area contributed by atoms with Crippen molar-refractivity contribution in [3.63, 3.8) is 0 Å². The fraction of sp³-hybridized carbons (Fsp3) is 0.412. The summed E-state index contributed by atoms with van der Waals surface area (Å²) >= 11 is 1.29. The number of nitrogens with one attached hydrogen (secondary N) is 3. The van der Waals surface area contributed by atoms with Crippen LogP contribution in [0, 0.1) is 6.92 Å². The summed E-state index contributed by atoms with van der Waals surface area (Å²) in [5.74, 6) is -0.336. The van der Waals surface area contributed by atoms with Crippen LogP contribution in [0.4, 0.5) is 9.93 Å². The Hall–Kier alpha value is -2.48. The van der Waals surface area contributed by atoms with E-state index in [1.54, 1.807) is 6.92 Å². The topological polar surface area (TPSA) is 96.0 Å². The van der Waals surface area contributed by atoms with Crippen molar-refractivity contribution < 1.29 is 9.59 Å². The zero-order chi connectivity index (χ0) is 18.2. The van der Waals surface area contributed by atoms with Crippen molar-refractivity contribution in [2.75, 3.05) is 11.9 Å². The van der Waals surface area contributed by atoms with Crippen molar-refractivity contribution in [3.05, 3.63) is 29.8 Å². The van der Waals surface area contributed by atoms with E-state index in [4.69, 9.17) is 0 Å². The van der Waals surface area contributed by atoms with Gasteiger partial charge in [0.05, 0.1) is 0 Å². The number of rotatable bonds is 7. The molecule has 2 rings (SSSR count). The molecule has 2 aromatic rings. The predicted octanol–water partition coefficient (Wildman–Crippen LogP) is 2.94. The maximum Gasteiger partial charge on any atom is 0.315 e. The lowest BCUT2D eigenvalue weighted by Gasteiger charge is -2.13. The molecule has 0 unspecified atom stereocenters. The second-order valence-electron chi connectivity index (χ2n) is 5.74. The summed E-state index contributed by atoms with van der Waals surface area (Å²) < 4.78 is 0. The molecule has 0 bridgehead atoms. The molecule has 0 aliphatic rings. The predicted molar refractivity (Wildman–Crippen MR) is 99.6 cm³/mol. The fourth-order valence-corrected chi connectivity index (χ4v) is 2.74. The third kappa shape index (κ3) is 5.82. The number of amides is 3. The number of hydrogen-bond acceptors (Lipinski definition) is 5. The van der Waals surface area contributed by atoms with Crippen LogP contribution in [-0.4, -0.2) is 34.7 Å². The van der Waals surface area contributed by atoms with Crippen molar-refractivity contribution in [1.29, 1.82) is 0 Å². The summed E-state index contributed by atoms with van der Waals surface area (Å²) in [6.07, 6.45) is 1.90. The second kappa shape index (κ2) is 9.12. The minimum absolute atomic E-state index is 0.336. The molecule has 1 heterocycles. The molecular weight excluding hydrogens is 338 g/mol. The summed E-state index contributed by atoms with van der Waals surface area (Å²) in [6.45, 7) is 6.27. The Morgan fingerprint density at radius 2 is 1.92 bits per heavy atom. The molecule has 0 saturated carbocycles. The first kappa shape index (κ1) is 18.9. The van der Waals surface area contributed by atoms with Gasteiger partial charge in [0.1, 0.15) is 11.0 Å². The van der Waals surface area contributed by atoms with Gasteiger partial charge >= 0.3 is 6.03 Å². The van der Waals surface area contributed by atoms with Crippen LogP contribution in [0.1, 0.15) is 32.3 Å². The van der Waals surface area contributed by atoms with Gasteiger partial charge in [-0.05, 0) is 20.3 Å². The maximum atomic E-state index is 12.2. The van der Waals surface area contributed by atoms with E-state index in [1.807, 2.05) is 38.1 Å². The molecular formula is C17H23N5O2S. The Bertz CT molecular complexity index is 714. The summed E-state index contributed by atoms with van der Waals surface area (Å²) in [5, 5.41) is 17.2. The van der Waals surface area contributed by atoms with Gasteiger partial charge in [-0.15, -0.1) is 10.2 Å². The van der Waals surface area contributed by atoms with Gasteiger partial charge in [-0.25, -0.2) is 4.79 Å². The summed E-state index contributed by atoms with van der Waals surface area (Å²) in [4.78, 5) is 23.8. The lowest BCUT2D eigenvalue weighted by molar-refractivity contribution is -0.117. The summed E-state index contributed by atoms with van der Waals surface area (Å²) in [5.41, 5.74) is 2.11. The van der Waals surface area contributed by atoms with Crippen LogP contribution in [0.5, 0.6) is 0 Å². The third-order valence-electron chi connectivity index (χ3n) is 3.51. The Morgan fingerprint density at radius 1 is 1.20 bits per heavy atom. The van der Waals surface area contributed by atoms with Gasteiger partial charge in [0.2, 0.25) is 11.0 Å². The molecule has 1 aromatic heterocycles. The van der Waals surface area contributed by atoms with E-state index in [0.29, 0.717) is 11.7 Å². The number of aryl methyl sites for hydroxylation is 1. The Morgan fingerprint density at radius 3 is 2.60 bits per heavy atom. The average molecular weight is 361 g/mol. The van der Waals surface area contributed by atoms with Crippen LogP contribution in [0.15, 0.2) is 24.3 Å². The standard InChI is InChI=1S/C17H23N5O2S/c1-4-5-10-18-16(24)19-12(3)14(23)20-17-22-21-15(25-17)13-8-6-11(2)7-9-13/h6-9,12H,4-5,10H2,1-3H3,(H2,18,19,24)(H,20,22,23)/t12-/m1/s1. The quantitative estimate of drug-likeness (QED) is 0.661. The van der Waals surface area contributed by atoms with E-state index in [0.717, 1.165) is 23.4 Å². The van der Waals surface area contributed by atoms with Crippen LogP contribution in [0.25, 0.3) is 10.6 Å². The first-order chi connectivity index (χ1) is 12.0. The van der Waals surface area contributed by atoms with Gasteiger partial charge in [0.15, 0.2) is 0 Å². The van der Waals surface area contributed by atoms with Crippen LogP contribution in [-0.2, 0) is 4.79 Å². The Balaban J connectivity index is 1.88. The molecule has 134 valence electrons. The Kier molecular flexibility index (Phi) is 6.88. The highest BCUT2D eigenvalue weighted by Crippen LogP contribution is 2.26.